The van der Waals surface area contributed by atoms with E-state index in [1.807, 2.05) is 24.3 Å². The van der Waals surface area contributed by atoms with Gasteiger partial charge in [-0.15, -0.1) is 0 Å². The van der Waals surface area contributed by atoms with Crippen LogP contribution in [0.25, 0.3) is 0 Å². The summed E-state index contributed by atoms with van der Waals surface area (Å²) in [5, 5.41) is 0. The number of hydrogen-bond acceptors (Lipinski definition) is 3. The van der Waals surface area contributed by atoms with Crippen LogP contribution in [0.15, 0.2) is 57.5 Å². The van der Waals surface area contributed by atoms with E-state index < -0.39 is 0 Å². The van der Waals surface area contributed by atoms with E-state index in [1.165, 1.54) is 0 Å². The van der Waals surface area contributed by atoms with Gasteiger partial charge in [0.05, 0.1) is 25.1 Å². The summed E-state index contributed by atoms with van der Waals surface area (Å²) in [6, 6.07) is 7.78. The van der Waals surface area contributed by atoms with Gasteiger partial charge in [0.2, 0.25) is 0 Å². The molecule has 3 rings (SSSR count). The minimum atomic E-state index is 0.107. The molecule has 0 aliphatic carbocycles. The van der Waals surface area contributed by atoms with Crippen LogP contribution in [0.2, 0.25) is 0 Å². The van der Waals surface area contributed by atoms with Crippen LogP contribution in [0.3, 0.4) is 0 Å². The molecule has 0 radical (unpaired) electrons. The number of allylic oxidation sites excluding steroid dienone is 1. The summed E-state index contributed by atoms with van der Waals surface area (Å²) in [7, 11) is 0. The van der Waals surface area contributed by atoms with Gasteiger partial charge in [-0.2, -0.15) is 0 Å². The molecule has 2 unspecified atom stereocenters. The van der Waals surface area contributed by atoms with Crippen LogP contribution >= 0.6 is 0 Å². The van der Waals surface area contributed by atoms with Crippen molar-refractivity contribution in [3.05, 3.63) is 60.1 Å². The maximum atomic E-state index is 5.76. The third-order valence-corrected chi connectivity index (χ3v) is 3.18. The van der Waals surface area contributed by atoms with E-state index in [2.05, 4.69) is 13.0 Å². The second-order valence-corrected chi connectivity index (χ2v) is 4.71. The molecule has 1 aliphatic heterocycles. The molecule has 18 heavy (non-hydrogen) atoms. The Bertz CT molecular complexity index is 508. The lowest BCUT2D eigenvalue weighted by Crippen LogP contribution is -2.05. The first-order chi connectivity index (χ1) is 8.83. The highest BCUT2D eigenvalue weighted by atomic mass is 16.5. The van der Waals surface area contributed by atoms with Gasteiger partial charge >= 0.3 is 0 Å². The first kappa shape index (κ1) is 11.2. The van der Waals surface area contributed by atoms with E-state index >= 15 is 0 Å². The monoisotopic (exact) mass is 244 g/mol. The van der Waals surface area contributed by atoms with Gasteiger partial charge < -0.3 is 13.6 Å². The highest BCUT2D eigenvalue weighted by Gasteiger charge is 2.26. The van der Waals surface area contributed by atoms with Crippen LogP contribution in [0.4, 0.5) is 0 Å². The molecule has 1 aliphatic rings. The highest BCUT2D eigenvalue weighted by Crippen LogP contribution is 2.33. The number of ether oxygens (including phenoxy) is 1. The van der Waals surface area contributed by atoms with E-state index in [0.29, 0.717) is 5.92 Å². The third-order valence-electron chi connectivity index (χ3n) is 3.18. The van der Waals surface area contributed by atoms with Crippen molar-refractivity contribution in [1.29, 1.82) is 0 Å². The standard InChI is InChI=1S/C15H16O3/c1-11-8-15(18-10-11)13(14-5-3-7-17-14)9-12-4-2-6-16-12/h2-8,11,13H,9-10H2,1H3. The van der Waals surface area contributed by atoms with Crippen molar-refractivity contribution in [1.82, 2.24) is 0 Å². The van der Waals surface area contributed by atoms with Crippen molar-refractivity contribution in [2.24, 2.45) is 5.92 Å². The second kappa shape index (κ2) is 4.77. The highest BCUT2D eigenvalue weighted by molar-refractivity contribution is 5.23. The van der Waals surface area contributed by atoms with Crippen LogP contribution in [-0.2, 0) is 11.2 Å². The van der Waals surface area contributed by atoms with E-state index in [9.17, 15) is 0 Å². The molecule has 3 nitrogen and oxygen atoms in total. The Kier molecular flexibility index (Phi) is 2.97. The fraction of sp³-hybridized carbons (Fsp3) is 0.333. The number of rotatable bonds is 4. The van der Waals surface area contributed by atoms with Gasteiger partial charge in [-0.05, 0) is 30.3 Å². The normalized spacial score (nSPS) is 20.5. The van der Waals surface area contributed by atoms with Crippen molar-refractivity contribution in [2.75, 3.05) is 6.61 Å². The van der Waals surface area contributed by atoms with Crippen molar-refractivity contribution in [2.45, 2.75) is 19.3 Å². The maximum Gasteiger partial charge on any atom is 0.114 e. The minimum Gasteiger partial charge on any atom is -0.497 e. The van der Waals surface area contributed by atoms with Gasteiger partial charge in [0.1, 0.15) is 17.3 Å². The molecule has 0 N–H and O–H groups in total. The SMILES string of the molecule is CC1C=C(C(Cc2ccco2)c2ccco2)OC1. The summed E-state index contributed by atoms with van der Waals surface area (Å²) in [5.74, 6) is 3.44. The Morgan fingerprint density at radius 2 is 2.06 bits per heavy atom. The zero-order valence-corrected chi connectivity index (χ0v) is 10.3. The molecule has 0 saturated heterocycles. The summed E-state index contributed by atoms with van der Waals surface area (Å²) in [4.78, 5) is 0. The summed E-state index contributed by atoms with van der Waals surface area (Å²) < 4.78 is 16.7. The average molecular weight is 244 g/mol. The van der Waals surface area contributed by atoms with Crippen molar-refractivity contribution < 1.29 is 13.6 Å². The van der Waals surface area contributed by atoms with Crippen LogP contribution in [-0.4, -0.2) is 6.61 Å². The Morgan fingerprint density at radius 3 is 2.67 bits per heavy atom. The molecule has 0 amide bonds. The molecule has 2 aromatic heterocycles. The van der Waals surface area contributed by atoms with E-state index in [0.717, 1.165) is 30.3 Å². The largest absolute Gasteiger partial charge is 0.497 e. The Morgan fingerprint density at radius 1 is 1.22 bits per heavy atom. The van der Waals surface area contributed by atoms with Crippen molar-refractivity contribution in [3.8, 4) is 0 Å². The van der Waals surface area contributed by atoms with Gasteiger partial charge in [0.15, 0.2) is 0 Å². The fourth-order valence-electron chi connectivity index (χ4n) is 2.28. The molecular formula is C15H16O3. The van der Waals surface area contributed by atoms with Crippen molar-refractivity contribution >= 4 is 0 Å². The lowest BCUT2D eigenvalue weighted by molar-refractivity contribution is 0.198. The van der Waals surface area contributed by atoms with Gasteiger partial charge in [-0.25, -0.2) is 0 Å². The van der Waals surface area contributed by atoms with Gasteiger partial charge in [-0.1, -0.05) is 6.92 Å². The predicted octanol–water partition coefficient (Wildman–Crippen LogP) is 3.75. The van der Waals surface area contributed by atoms with E-state index in [4.69, 9.17) is 13.6 Å². The topological polar surface area (TPSA) is 35.5 Å². The molecule has 2 atom stereocenters. The molecule has 3 heterocycles. The zero-order valence-electron chi connectivity index (χ0n) is 10.3. The zero-order chi connectivity index (χ0) is 12.4. The summed E-state index contributed by atoms with van der Waals surface area (Å²) in [6.07, 6.45) is 6.33. The first-order valence-electron chi connectivity index (χ1n) is 6.23. The Labute approximate surface area is 106 Å². The van der Waals surface area contributed by atoms with E-state index in [1.54, 1.807) is 12.5 Å². The molecule has 0 saturated carbocycles. The van der Waals surface area contributed by atoms with Gasteiger partial charge in [0.25, 0.3) is 0 Å². The van der Waals surface area contributed by atoms with E-state index in [-0.39, 0.29) is 5.92 Å². The summed E-state index contributed by atoms with van der Waals surface area (Å²) in [5.41, 5.74) is 0. The molecule has 2 aromatic rings. The molecule has 3 heteroatoms. The van der Waals surface area contributed by atoms with Gasteiger partial charge in [-0.3, -0.25) is 0 Å². The average Bonchev–Trinajstić information content (AvgIpc) is 3.09. The Hall–Kier alpha value is -1.90. The number of furan rings is 2. The molecule has 0 fully saturated rings. The molecule has 0 spiro atoms. The van der Waals surface area contributed by atoms with Crippen molar-refractivity contribution in [3.63, 3.8) is 0 Å². The smallest absolute Gasteiger partial charge is 0.114 e. The van der Waals surface area contributed by atoms with Crippen LogP contribution in [0.1, 0.15) is 24.4 Å². The number of hydrogen-bond donors (Lipinski definition) is 0. The van der Waals surface area contributed by atoms with Gasteiger partial charge in [0, 0.05) is 12.3 Å². The fourth-order valence-corrected chi connectivity index (χ4v) is 2.28. The molecule has 0 aromatic carbocycles. The molecular weight excluding hydrogens is 228 g/mol. The quantitative estimate of drug-likeness (QED) is 0.821. The predicted molar refractivity (Wildman–Crippen MR) is 67.1 cm³/mol. The lowest BCUT2D eigenvalue weighted by Gasteiger charge is -2.14. The molecule has 94 valence electrons. The van der Waals surface area contributed by atoms with Crippen LogP contribution in [0.5, 0.6) is 0 Å². The first-order valence-corrected chi connectivity index (χ1v) is 6.23. The summed E-state index contributed by atoms with van der Waals surface area (Å²) >= 11 is 0. The third kappa shape index (κ3) is 2.21. The Balaban J connectivity index is 1.87. The molecule has 0 bridgehead atoms. The van der Waals surface area contributed by atoms with Crippen LogP contribution < -0.4 is 0 Å². The maximum absolute atomic E-state index is 5.76. The second-order valence-electron chi connectivity index (χ2n) is 4.71. The van der Waals surface area contributed by atoms with Crippen LogP contribution in [0, 0.1) is 5.92 Å². The lowest BCUT2D eigenvalue weighted by atomic mass is 9.97. The minimum absolute atomic E-state index is 0.107. The summed E-state index contributed by atoms with van der Waals surface area (Å²) in [6.45, 7) is 2.91.